The zero-order valence-corrected chi connectivity index (χ0v) is 15.0. The summed E-state index contributed by atoms with van der Waals surface area (Å²) in [6, 6.07) is 5.04. The third-order valence-electron chi connectivity index (χ3n) is 4.33. The van der Waals surface area contributed by atoms with Crippen LogP contribution in [0.4, 0.5) is 48.3 Å². The Morgan fingerprint density at radius 2 is 1.26 bits per heavy atom. The van der Waals surface area contributed by atoms with Crippen molar-refractivity contribution in [2.24, 2.45) is 5.10 Å². The number of ether oxygens (including phenoxy) is 1. The van der Waals surface area contributed by atoms with E-state index in [9.17, 15) is 53.1 Å². The Kier molecular flexibility index (Phi) is 5.75. The number of halogens is 11. The van der Waals surface area contributed by atoms with Crippen LogP contribution in [0.2, 0.25) is 0 Å². The molecule has 1 aromatic rings. The van der Waals surface area contributed by atoms with Crippen LogP contribution in [0.5, 0.6) is 5.75 Å². The number of rotatable bonds is 5. The number of carbonyl (C=O) groups excluding carboxylic acids is 1. The molecule has 0 unspecified atom stereocenters. The quantitative estimate of drug-likeness (QED) is 0.392. The Labute approximate surface area is 166 Å². The number of hydrogen-bond donors (Lipinski definition) is 1. The van der Waals surface area contributed by atoms with E-state index in [4.69, 9.17) is 4.74 Å². The first-order chi connectivity index (χ1) is 13.9. The molecule has 1 saturated carbocycles. The van der Waals surface area contributed by atoms with Crippen LogP contribution in [0, 0.1) is 0 Å². The van der Waals surface area contributed by atoms with Crippen LogP contribution in [-0.2, 0) is 4.79 Å². The summed E-state index contributed by atoms with van der Waals surface area (Å²) in [5.74, 6) is -39.8. The number of carbonyl (C=O) groups is 1. The molecule has 1 fully saturated rings. The number of hydrazone groups is 1. The van der Waals surface area contributed by atoms with Crippen molar-refractivity contribution >= 4 is 12.1 Å². The maximum Gasteiger partial charge on any atom is 0.384 e. The van der Waals surface area contributed by atoms with Gasteiger partial charge in [0.2, 0.25) is 0 Å². The molecular weight excluding hydrogens is 461 g/mol. The normalized spacial score (nSPS) is 24.5. The van der Waals surface area contributed by atoms with E-state index >= 15 is 0 Å². The van der Waals surface area contributed by atoms with Crippen LogP contribution >= 0.6 is 0 Å². The molecule has 0 bridgehead atoms. The van der Waals surface area contributed by atoms with Crippen LogP contribution < -0.4 is 10.2 Å². The second-order valence-corrected chi connectivity index (χ2v) is 6.23. The van der Waals surface area contributed by atoms with Crippen LogP contribution in [-0.4, -0.2) is 54.0 Å². The Balaban J connectivity index is 2.40. The molecule has 4 nitrogen and oxygen atoms in total. The lowest BCUT2D eigenvalue weighted by molar-refractivity contribution is -0.476. The molecule has 0 saturated heterocycles. The molecule has 0 aromatic heterocycles. The van der Waals surface area contributed by atoms with Crippen LogP contribution in [0.25, 0.3) is 0 Å². The van der Waals surface area contributed by atoms with Crippen molar-refractivity contribution in [2.75, 3.05) is 6.61 Å². The Hall–Kier alpha value is -2.61. The van der Waals surface area contributed by atoms with Gasteiger partial charge in [-0.15, -0.1) is 0 Å². The molecule has 174 valence electrons. The van der Waals surface area contributed by atoms with Gasteiger partial charge in [-0.25, -0.2) is 9.82 Å². The maximum absolute atomic E-state index is 14.4. The molecule has 1 aromatic carbocycles. The van der Waals surface area contributed by atoms with E-state index in [1.54, 1.807) is 6.92 Å². The average molecular weight is 472 g/mol. The zero-order chi connectivity index (χ0) is 24.1. The van der Waals surface area contributed by atoms with Gasteiger partial charge in [0.05, 0.1) is 12.8 Å². The molecule has 15 heteroatoms. The summed E-state index contributed by atoms with van der Waals surface area (Å²) >= 11 is 0. The maximum atomic E-state index is 14.4. The number of nitrogens with zero attached hydrogens (tertiary/aromatic N) is 1. The summed E-state index contributed by atoms with van der Waals surface area (Å²) in [6.45, 7) is 1.93. The smallest absolute Gasteiger partial charge is 0.384 e. The lowest BCUT2D eigenvalue weighted by Crippen LogP contribution is -2.86. The van der Waals surface area contributed by atoms with E-state index in [1.165, 1.54) is 24.3 Å². The predicted octanol–water partition coefficient (Wildman–Crippen LogP) is 4.43. The molecule has 1 N–H and O–H groups in total. The summed E-state index contributed by atoms with van der Waals surface area (Å²) < 4.78 is 154. The first-order valence-electron chi connectivity index (χ1n) is 8.07. The second-order valence-electron chi connectivity index (χ2n) is 6.23. The third kappa shape index (κ3) is 3.03. The van der Waals surface area contributed by atoms with E-state index in [2.05, 4.69) is 5.10 Å². The number of alkyl halides is 11. The molecule has 1 aliphatic carbocycles. The van der Waals surface area contributed by atoms with Gasteiger partial charge in [0.15, 0.2) is 0 Å². The standard InChI is InChI=1S/C16H11F11N2O2/c1-2-31-9-5-3-8(4-6-9)7-28-29-10(30)11(17)12(18,19)14(22,23)16(26,27)15(24,25)13(11,20)21/h3-7H,2H2,1H3,(H,29,30). The number of hydrogen-bond acceptors (Lipinski definition) is 3. The third-order valence-corrected chi connectivity index (χ3v) is 4.33. The minimum absolute atomic E-state index is 0.000943. The summed E-state index contributed by atoms with van der Waals surface area (Å²) in [6.07, 6.45) is 0.515. The predicted molar refractivity (Wildman–Crippen MR) is 81.9 cm³/mol. The van der Waals surface area contributed by atoms with Gasteiger partial charge in [-0.05, 0) is 36.8 Å². The van der Waals surface area contributed by atoms with Crippen LogP contribution in [0.15, 0.2) is 29.4 Å². The molecule has 0 aliphatic heterocycles. The average Bonchev–Trinajstić information content (AvgIpc) is 2.67. The van der Waals surface area contributed by atoms with E-state index < -0.39 is 41.2 Å². The highest BCUT2D eigenvalue weighted by molar-refractivity contribution is 5.90. The Bertz CT molecular complexity index is 839. The topological polar surface area (TPSA) is 50.7 Å². The minimum atomic E-state index is -7.39. The Morgan fingerprint density at radius 3 is 1.68 bits per heavy atom. The molecule has 0 radical (unpaired) electrons. The molecule has 0 atom stereocenters. The van der Waals surface area contributed by atoms with Gasteiger partial charge >= 0.3 is 35.3 Å². The molecule has 0 heterocycles. The number of nitrogens with one attached hydrogen (secondary N) is 1. The molecule has 2 rings (SSSR count). The van der Waals surface area contributed by atoms with Gasteiger partial charge in [0.25, 0.3) is 5.91 Å². The highest BCUT2D eigenvalue weighted by Gasteiger charge is 3.02. The Morgan fingerprint density at radius 1 is 0.839 bits per heavy atom. The van der Waals surface area contributed by atoms with Crippen molar-refractivity contribution in [1.29, 1.82) is 0 Å². The zero-order valence-electron chi connectivity index (χ0n) is 15.0. The fourth-order valence-electron chi connectivity index (χ4n) is 2.57. The van der Waals surface area contributed by atoms with Crippen LogP contribution in [0.1, 0.15) is 12.5 Å². The lowest BCUT2D eigenvalue weighted by Gasteiger charge is -2.51. The molecule has 31 heavy (non-hydrogen) atoms. The minimum Gasteiger partial charge on any atom is -0.494 e. The van der Waals surface area contributed by atoms with E-state index in [0.29, 0.717) is 17.4 Å². The van der Waals surface area contributed by atoms with Gasteiger partial charge in [0.1, 0.15) is 5.75 Å². The highest BCUT2D eigenvalue weighted by Crippen LogP contribution is 2.69. The number of amides is 1. The second kappa shape index (κ2) is 7.22. The monoisotopic (exact) mass is 472 g/mol. The fourth-order valence-corrected chi connectivity index (χ4v) is 2.57. The molecule has 1 amide bonds. The van der Waals surface area contributed by atoms with Crippen LogP contribution in [0.3, 0.4) is 0 Å². The lowest BCUT2D eigenvalue weighted by atomic mass is 9.72. The first kappa shape index (κ1) is 24.7. The molecular formula is C16H11F11N2O2. The van der Waals surface area contributed by atoms with Crippen molar-refractivity contribution in [1.82, 2.24) is 5.43 Å². The van der Waals surface area contributed by atoms with Crippen molar-refractivity contribution in [3.63, 3.8) is 0 Å². The van der Waals surface area contributed by atoms with Gasteiger partial charge in [0, 0.05) is 0 Å². The summed E-state index contributed by atoms with van der Waals surface area (Å²) in [5, 5.41) is 2.75. The van der Waals surface area contributed by atoms with E-state index in [1.807, 2.05) is 0 Å². The van der Waals surface area contributed by atoms with Gasteiger partial charge in [-0.2, -0.15) is 49.0 Å². The highest BCUT2D eigenvalue weighted by atomic mass is 19.4. The SMILES string of the molecule is CCOc1ccc(C=NNC(=O)C2(F)C(F)(F)C(F)(F)C(F)(F)C(F)(F)C2(F)F)cc1. The number of benzene rings is 1. The summed E-state index contributed by atoms with van der Waals surface area (Å²) in [7, 11) is 0. The van der Waals surface area contributed by atoms with Crippen molar-refractivity contribution in [2.45, 2.75) is 42.2 Å². The fraction of sp³-hybridized carbons (Fsp3) is 0.500. The van der Waals surface area contributed by atoms with Crippen molar-refractivity contribution in [3.05, 3.63) is 29.8 Å². The van der Waals surface area contributed by atoms with Crippen molar-refractivity contribution in [3.8, 4) is 5.75 Å². The van der Waals surface area contributed by atoms with E-state index in [0.717, 1.165) is 0 Å². The largest absolute Gasteiger partial charge is 0.494 e. The summed E-state index contributed by atoms with van der Waals surface area (Å²) in [4.78, 5) is 11.6. The molecule has 1 aliphatic rings. The summed E-state index contributed by atoms with van der Waals surface area (Å²) in [5.41, 5.74) is -6.14. The van der Waals surface area contributed by atoms with Crippen molar-refractivity contribution < 1.29 is 57.8 Å². The van der Waals surface area contributed by atoms with E-state index in [-0.39, 0.29) is 12.2 Å². The molecule has 0 spiro atoms. The van der Waals surface area contributed by atoms with Gasteiger partial charge in [-0.1, -0.05) is 0 Å². The first-order valence-corrected chi connectivity index (χ1v) is 8.07. The van der Waals surface area contributed by atoms with Gasteiger partial charge in [-0.3, -0.25) is 4.79 Å². The van der Waals surface area contributed by atoms with Gasteiger partial charge < -0.3 is 4.74 Å².